The van der Waals surface area contributed by atoms with E-state index < -0.39 is 6.10 Å². The van der Waals surface area contributed by atoms with E-state index in [4.69, 9.17) is 9.47 Å². The van der Waals surface area contributed by atoms with Gasteiger partial charge in [-0.3, -0.25) is 0 Å². The summed E-state index contributed by atoms with van der Waals surface area (Å²) in [5, 5.41) is 9.96. The van der Waals surface area contributed by atoms with Gasteiger partial charge in [-0.1, -0.05) is 18.6 Å². The van der Waals surface area contributed by atoms with Gasteiger partial charge in [0, 0.05) is 12.6 Å². The van der Waals surface area contributed by atoms with E-state index in [0.717, 1.165) is 11.3 Å². The fraction of sp³-hybridized carbons (Fsp3) is 0.625. The summed E-state index contributed by atoms with van der Waals surface area (Å²) < 4.78 is 10.7. The van der Waals surface area contributed by atoms with Crippen LogP contribution in [0, 0.1) is 0 Å². The second kappa shape index (κ2) is 7.62. The molecule has 0 aliphatic heterocycles. The standard InChI is InChI=1S/C16H25NO3/c1-17(14-4-3-5-14)10-15(18)12-20-11-13-6-8-16(19-2)9-7-13/h6-9,14-15,18H,3-5,10-12H2,1-2H3. The van der Waals surface area contributed by atoms with Crippen molar-refractivity contribution in [2.24, 2.45) is 0 Å². The molecule has 0 bridgehead atoms. The van der Waals surface area contributed by atoms with Gasteiger partial charge in [0.05, 0.1) is 26.4 Å². The van der Waals surface area contributed by atoms with Crippen molar-refractivity contribution in [2.75, 3.05) is 27.3 Å². The van der Waals surface area contributed by atoms with Gasteiger partial charge >= 0.3 is 0 Å². The third kappa shape index (κ3) is 4.47. The zero-order valence-electron chi connectivity index (χ0n) is 12.4. The molecule has 112 valence electrons. The summed E-state index contributed by atoms with van der Waals surface area (Å²) in [4.78, 5) is 2.24. The predicted molar refractivity (Wildman–Crippen MR) is 78.9 cm³/mol. The number of likely N-dealkylation sites (N-methyl/N-ethyl adjacent to an activating group) is 1. The largest absolute Gasteiger partial charge is 0.497 e. The minimum atomic E-state index is -0.418. The Labute approximate surface area is 121 Å². The molecule has 1 aliphatic rings. The van der Waals surface area contributed by atoms with Gasteiger partial charge in [-0.25, -0.2) is 0 Å². The van der Waals surface area contributed by atoms with Crippen LogP contribution in [0.25, 0.3) is 0 Å². The van der Waals surface area contributed by atoms with Crippen molar-refractivity contribution >= 4 is 0 Å². The van der Waals surface area contributed by atoms with Crippen LogP contribution in [0.1, 0.15) is 24.8 Å². The Bertz CT molecular complexity index is 389. The van der Waals surface area contributed by atoms with E-state index in [2.05, 4.69) is 11.9 Å². The maximum atomic E-state index is 9.96. The number of rotatable bonds is 8. The van der Waals surface area contributed by atoms with Gasteiger partial charge in [0.1, 0.15) is 5.75 Å². The number of methoxy groups -OCH3 is 1. The minimum absolute atomic E-state index is 0.378. The van der Waals surface area contributed by atoms with E-state index in [1.807, 2.05) is 24.3 Å². The molecule has 1 saturated carbocycles. The number of aliphatic hydroxyl groups excluding tert-OH is 1. The molecule has 1 fully saturated rings. The maximum Gasteiger partial charge on any atom is 0.118 e. The predicted octanol–water partition coefficient (Wildman–Crippen LogP) is 2.06. The second-order valence-electron chi connectivity index (χ2n) is 5.54. The highest BCUT2D eigenvalue weighted by Gasteiger charge is 2.23. The van der Waals surface area contributed by atoms with Crippen LogP contribution in [0.15, 0.2) is 24.3 Å². The molecule has 1 atom stereocenters. The first-order chi connectivity index (χ1) is 9.69. The highest BCUT2D eigenvalue weighted by atomic mass is 16.5. The van der Waals surface area contributed by atoms with Crippen LogP contribution in [-0.4, -0.2) is 49.5 Å². The molecular formula is C16H25NO3. The minimum Gasteiger partial charge on any atom is -0.497 e. The molecule has 1 aromatic rings. The summed E-state index contributed by atoms with van der Waals surface area (Å²) in [6.45, 7) is 1.59. The molecule has 0 amide bonds. The molecule has 1 unspecified atom stereocenters. The number of nitrogens with zero attached hydrogens (tertiary/aromatic N) is 1. The molecule has 20 heavy (non-hydrogen) atoms. The summed E-state index contributed by atoms with van der Waals surface area (Å²) in [5.74, 6) is 0.843. The number of aliphatic hydroxyl groups is 1. The summed E-state index contributed by atoms with van der Waals surface area (Å²) in [5.41, 5.74) is 1.09. The molecule has 0 saturated heterocycles. The number of benzene rings is 1. The topological polar surface area (TPSA) is 41.9 Å². The highest BCUT2D eigenvalue weighted by molar-refractivity contribution is 5.26. The molecule has 1 N–H and O–H groups in total. The molecule has 0 radical (unpaired) electrons. The van der Waals surface area contributed by atoms with Gasteiger partial charge in [-0.15, -0.1) is 0 Å². The first-order valence-corrected chi connectivity index (χ1v) is 7.28. The third-order valence-electron chi connectivity index (χ3n) is 3.93. The van der Waals surface area contributed by atoms with Gasteiger partial charge in [0.15, 0.2) is 0 Å². The van der Waals surface area contributed by atoms with Crippen molar-refractivity contribution in [3.05, 3.63) is 29.8 Å². The van der Waals surface area contributed by atoms with Gasteiger partial charge in [0.25, 0.3) is 0 Å². The fourth-order valence-electron chi connectivity index (χ4n) is 2.40. The monoisotopic (exact) mass is 279 g/mol. The van der Waals surface area contributed by atoms with Crippen LogP contribution in [0.2, 0.25) is 0 Å². The summed E-state index contributed by atoms with van der Waals surface area (Å²) >= 11 is 0. The lowest BCUT2D eigenvalue weighted by molar-refractivity contribution is 0.00108. The molecular weight excluding hydrogens is 254 g/mol. The van der Waals surface area contributed by atoms with Crippen LogP contribution in [0.5, 0.6) is 5.75 Å². The van der Waals surface area contributed by atoms with E-state index >= 15 is 0 Å². The summed E-state index contributed by atoms with van der Waals surface area (Å²) in [6.07, 6.45) is 3.42. The smallest absolute Gasteiger partial charge is 0.118 e. The van der Waals surface area contributed by atoms with E-state index in [0.29, 0.717) is 25.8 Å². The van der Waals surface area contributed by atoms with Crippen LogP contribution < -0.4 is 4.74 Å². The van der Waals surface area contributed by atoms with Gasteiger partial charge in [-0.05, 0) is 37.6 Å². The van der Waals surface area contributed by atoms with E-state index in [1.54, 1.807) is 7.11 Å². The van der Waals surface area contributed by atoms with Crippen molar-refractivity contribution in [3.63, 3.8) is 0 Å². The summed E-state index contributed by atoms with van der Waals surface area (Å²) in [7, 11) is 3.73. The van der Waals surface area contributed by atoms with Crippen LogP contribution in [0.4, 0.5) is 0 Å². The van der Waals surface area contributed by atoms with Gasteiger partial charge < -0.3 is 19.5 Å². The van der Waals surface area contributed by atoms with E-state index in [9.17, 15) is 5.11 Å². The maximum absolute atomic E-state index is 9.96. The lowest BCUT2D eigenvalue weighted by Crippen LogP contribution is -2.42. The molecule has 2 rings (SSSR count). The fourth-order valence-corrected chi connectivity index (χ4v) is 2.40. The zero-order chi connectivity index (χ0) is 14.4. The van der Waals surface area contributed by atoms with Crippen LogP contribution >= 0.6 is 0 Å². The molecule has 0 heterocycles. The SMILES string of the molecule is COc1ccc(COCC(O)CN(C)C2CCC2)cc1. The Hall–Kier alpha value is -1.10. The Morgan fingerprint density at radius 1 is 1.30 bits per heavy atom. The lowest BCUT2D eigenvalue weighted by atomic mass is 9.92. The van der Waals surface area contributed by atoms with E-state index in [1.165, 1.54) is 19.3 Å². The second-order valence-corrected chi connectivity index (χ2v) is 5.54. The zero-order valence-corrected chi connectivity index (χ0v) is 12.4. The number of hydrogen-bond acceptors (Lipinski definition) is 4. The average Bonchev–Trinajstić information content (AvgIpc) is 2.37. The molecule has 0 aromatic heterocycles. The van der Waals surface area contributed by atoms with Gasteiger partial charge in [0.2, 0.25) is 0 Å². The quantitative estimate of drug-likeness (QED) is 0.791. The van der Waals surface area contributed by atoms with Gasteiger partial charge in [-0.2, -0.15) is 0 Å². The molecule has 0 spiro atoms. The molecule has 4 heteroatoms. The molecule has 4 nitrogen and oxygen atoms in total. The van der Waals surface area contributed by atoms with Crippen LogP contribution in [0.3, 0.4) is 0 Å². The Morgan fingerprint density at radius 3 is 2.55 bits per heavy atom. The molecule has 1 aliphatic carbocycles. The highest BCUT2D eigenvalue weighted by Crippen LogP contribution is 2.23. The van der Waals surface area contributed by atoms with E-state index in [-0.39, 0.29) is 0 Å². The third-order valence-corrected chi connectivity index (χ3v) is 3.93. The normalized spacial score (nSPS) is 17.0. The number of ether oxygens (including phenoxy) is 2. The Balaban J connectivity index is 1.63. The van der Waals surface area contributed by atoms with Crippen molar-refractivity contribution in [1.29, 1.82) is 0 Å². The first-order valence-electron chi connectivity index (χ1n) is 7.28. The number of hydrogen-bond donors (Lipinski definition) is 1. The van der Waals surface area contributed by atoms with Crippen molar-refractivity contribution < 1.29 is 14.6 Å². The van der Waals surface area contributed by atoms with Crippen molar-refractivity contribution in [2.45, 2.75) is 38.0 Å². The van der Waals surface area contributed by atoms with Crippen molar-refractivity contribution in [1.82, 2.24) is 4.90 Å². The van der Waals surface area contributed by atoms with Crippen LogP contribution in [-0.2, 0) is 11.3 Å². The first kappa shape index (κ1) is 15.3. The summed E-state index contributed by atoms with van der Waals surface area (Å²) in [6, 6.07) is 8.45. The Kier molecular flexibility index (Phi) is 5.83. The van der Waals surface area contributed by atoms with Crippen molar-refractivity contribution in [3.8, 4) is 5.75 Å². The average molecular weight is 279 g/mol. The molecule has 1 aromatic carbocycles. The Morgan fingerprint density at radius 2 is 2.00 bits per heavy atom. The lowest BCUT2D eigenvalue weighted by Gasteiger charge is -2.35.